The van der Waals surface area contributed by atoms with Gasteiger partial charge >= 0.3 is 0 Å². The molecule has 0 saturated carbocycles. The maximum Gasteiger partial charge on any atom is 0.125 e. The normalized spacial score (nSPS) is 17.9. The highest BCUT2D eigenvalue weighted by molar-refractivity contribution is 5.62. The quantitative estimate of drug-likeness (QED) is 0.865. The average Bonchev–Trinajstić information content (AvgIpc) is 2.40. The minimum Gasteiger partial charge on any atom is -0.378 e. The van der Waals surface area contributed by atoms with Crippen LogP contribution in [0.5, 0.6) is 0 Å². The molecule has 2 rings (SSSR count). The molecule has 2 heteroatoms. The van der Waals surface area contributed by atoms with Crippen LogP contribution in [0.15, 0.2) is 54.1 Å². The summed E-state index contributed by atoms with van der Waals surface area (Å²) >= 11 is 0. The molecule has 0 saturated heterocycles. The van der Waals surface area contributed by atoms with Gasteiger partial charge in [0.05, 0.1) is 14.1 Å². The minimum atomic E-state index is 0.494. The van der Waals surface area contributed by atoms with Crippen LogP contribution in [0, 0.1) is 0 Å². The van der Waals surface area contributed by atoms with Crippen LogP contribution in [0.4, 0.5) is 5.69 Å². The van der Waals surface area contributed by atoms with Gasteiger partial charge in [0.25, 0.3) is 0 Å². The Morgan fingerprint density at radius 2 is 1.58 bits per heavy atom. The van der Waals surface area contributed by atoms with E-state index in [0.29, 0.717) is 6.04 Å². The molecule has 0 amide bonds. The number of nitrogens with zero attached hydrogens (tertiary/aromatic N) is 1. The monoisotopic (exact) mass is 255 g/mol. The molecule has 0 aromatic heterocycles. The van der Waals surface area contributed by atoms with Gasteiger partial charge in [-0.25, -0.2) is 0 Å². The second-order valence-corrected chi connectivity index (χ2v) is 5.45. The molecule has 1 aliphatic carbocycles. The number of likely N-dealkylation sites (N-methyl/N-ethyl adjacent to an activating group) is 1. The Kier molecular flexibility index (Phi) is 4.23. The third kappa shape index (κ3) is 3.58. The van der Waals surface area contributed by atoms with Crippen LogP contribution >= 0.6 is 0 Å². The molecule has 1 aromatic rings. The number of quaternary nitrogens is 1. The van der Waals surface area contributed by atoms with Crippen molar-refractivity contribution in [1.82, 2.24) is 0 Å². The highest BCUT2D eigenvalue weighted by atomic mass is 15.1. The fourth-order valence-corrected chi connectivity index (χ4v) is 2.09. The highest BCUT2D eigenvalue weighted by Crippen LogP contribution is 2.16. The van der Waals surface area contributed by atoms with Crippen LogP contribution in [0.1, 0.15) is 5.56 Å². The van der Waals surface area contributed by atoms with Gasteiger partial charge in [-0.2, -0.15) is 0 Å². The topological polar surface area (TPSA) is 7.68 Å². The van der Waals surface area contributed by atoms with Crippen molar-refractivity contribution >= 4 is 11.8 Å². The van der Waals surface area contributed by atoms with Crippen LogP contribution in [0.25, 0.3) is 6.08 Å². The molecule has 0 spiro atoms. The van der Waals surface area contributed by atoms with E-state index >= 15 is 0 Å². The summed E-state index contributed by atoms with van der Waals surface area (Å²) in [6.45, 7) is 0. The molecule has 0 atom stereocenters. The van der Waals surface area contributed by atoms with Crippen molar-refractivity contribution in [3.63, 3.8) is 0 Å². The summed E-state index contributed by atoms with van der Waals surface area (Å²) in [5.74, 6) is 0. The maximum atomic E-state index is 2.26. The van der Waals surface area contributed by atoms with Crippen LogP contribution in [-0.4, -0.2) is 34.2 Å². The third-order valence-electron chi connectivity index (χ3n) is 3.40. The highest BCUT2D eigenvalue weighted by Gasteiger charge is 2.09. The van der Waals surface area contributed by atoms with Gasteiger partial charge in [-0.1, -0.05) is 24.3 Å². The Morgan fingerprint density at radius 1 is 1.00 bits per heavy atom. The summed E-state index contributed by atoms with van der Waals surface area (Å²) < 4.78 is 0. The first-order chi connectivity index (χ1) is 9.06. The number of anilines is 1. The average molecular weight is 255 g/mol. The number of nitrogens with one attached hydrogen (secondary N) is 1. The molecule has 0 radical (unpaired) electrons. The largest absolute Gasteiger partial charge is 0.378 e. The van der Waals surface area contributed by atoms with E-state index in [1.807, 2.05) is 0 Å². The Labute approximate surface area is 116 Å². The van der Waals surface area contributed by atoms with Crippen LogP contribution in [0.3, 0.4) is 0 Å². The Morgan fingerprint density at radius 3 is 2.05 bits per heavy atom. The van der Waals surface area contributed by atoms with E-state index in [9.17, 15) is 0 Å². The summed E-state index contributed by atoms with van der Waals surface area (Å²) in [4.78, 5) is 3.55. The molecule has 100 valence electrons. The molecule has 0 heterocycles. The molecule has 0 aliphatic heterocycles. The zero-order valence-corrected chi connectivity index (χ0v) is 12.2. The number of allylic oxidation sites excluding steroid dienone is 3. The van der Waals surface area contributed by atoms with Crippen molar-refractivity contribution in [3.8, 4) is 0 Å². The van der Waals surface area contributed by atoms with Gasteiger partial charge in [0, 0.05) is 19.8 Å². The molecule has 0 unspecified atom stereocenters. The molecular weight excluding hydrogens is 232 g/mol. The smallest absolute Gasteiger partial charge is 0.125 e. The Bertz CT molecular complexity index is 489. The van der Waals surface area contributed by atoms with Crippen molar-refractivity contribution in [2.24, 2.45) is 0 Å². The maximum absolute atomic E-state index is 2.26. The van der Waals surface area contributed by atoms with Gasteiger partial charge in [-0.15, -0.1) is 0 Å². The van der Waals surface area contributed by atoms with E-state index in [-0.39, 0.29) is 0 Å². The van der Waals surface area contributed by atoms with Gasteiger partial charge in [-0.3, -0.25) is 0 Å². The Balaban J connectivity index is 2.11. The summed E-state index contributed by atoms with van der Waals surface area (Å²) in [7, 11) is 8.47. The predicted octanol–water partition coefficient (Wildman–Crippen LogP) is 1.78. The van der Waals surface area contributed by atoms with E-state index in [1.165, 1.54) is 21.7 Å². The zero-order chi connectivity index (χ0) is 13.8. The van der Waals surface area contributed by atoms with E-state index in [1.54, 1.807) is 0 Å². The number of hydrogen-bond acceptors (Lipinski definition) is 1. The minimum absolute atomic E-state index is 0.494. The van der Waals surface area contributed by atoms with Gasteiger partial charge in [0.15, 0.2) is 0 Å². The third-order valence-corrected chi connectivity index (χ3v) is 3.40. The SMILES string of the molecule is CN(C)c1ccc(C=C2C=CC([NH+](C)C)C=C2)cc1. The van der Waals surface area contributed by atoms with Gasteiger partial charge < -0.3 is 9.80 Å². The first-order valence-corrected chi connectivity index (χ1v) is 6.72. The number of benzene rings is 1. The molecule has 1 N–H and O–H groups in total. The lowest BCUT2D eigenvalue weighted by Gasteiger charge is -2.17. The zero-order valence-electron chi connectivity index (χ0n) is 12.2. The van der Waals surface area contributed by atoms with Gasteiger partial charge in [-0.05, 0) is 41.5 Å². The molecule has 0 fully saturated rings. The van der Waals surface area contributed by atoms with Gasteiger partial charge in [0.1, 0.15) is 6.04 Å². The van der Waals surface area contributed by atoms with E-state index in [4.69, 9.17) is 0 Å². The summed E-state index contributed by atoms with van der Waals surface area (Å²) in [6, 6.07) is 9.11. The van der Waals surface area contributed by atoms with Crippen molar-refractivity contribution < 1.29 is 4.90 Å². The molecule has 19 heavy (non-hydrogen) atoms. The van der Waals surface area contributed by atoms with Gasteiger partial charge in [0.2, 0.25) is 0 Å². The first kappa shape index (κ1) is 13.6. The lowest BCUT2D eigenvalue weighted by molar-refractivity contribution is -0.871. The summed E-state index contributed by atoms with van der Waals surface area (Å²) in [5, 5.41) is 0. The number of rotatable bonds is 3. The molecule has 1 aromatic carbocycles. The van der Waals surface area contributed by atoms with E-state index < -0.39 is 0 Å². The van der Waals surface area contributed by atoms with Crippen molar-refractivity contribution in [3.05, 3.63) is 59.7 Å². The summed E-state index contributed by atoms with van der Waals surface area (Å²) in [5.41, 5.74) is 3.73. The standard InChI is InChI=1S/C17H22N2/c1-18(2)16-9-5-14(6-10-16)13-15-7-11-17(12-8-15)19(3)4/h5-13,16H,1-4H3/p+1. The molecule has 1 aliphatic rings. The first-order valence-electron chi connectivity index (χ1n) is 6.72. The van der Waals surface area contributed by atoms with Crippen molar-refractivity contribution in [1.29, 1.82) is 0 Å². The Hall–Kier alpha value is -1.80. The lowest BCUT2D eigenvalue weighted by Crippen LogP contribution is -3.09. The van der Waals surface area contributed by atoms with Crippen LogP contribution in [-0.2, 0) is 0 Å². The van der Waals surface area contributed by atoms with Crippen LogP contribution in [0.2, 0.25) is 0 Å². The van der Waals surface area contributed by atoms with E-state index in [0.717, 1.165) is 0 Å². The van der Waals surface area contributed by atoms with E-state index in [2.05, 4.69) is 87.7 Å². The second kappa shape index (κ2) is 5.89. The summed E-state index contributed by atoms with van der Waals surface area (Å²) in [6.07, 6.45) is 11.1. The fourth-order valence-electron chi connectivity index (χ4n) is 2.09. The number of hydrogen-bond donors (Lipinski definition) is 1. The van der Waals surface area contributed by atoms with Crippen molar-refractivity contribution in [2.45, 2.75) is 6.04 Å². The lowest BCUT2D eigenvalue weighted by atomic mass is 10.0. The molecular formula is C17H23N2+. The molecule has 0 bridgehead atoms. The fraction of sp³-hybridized carbons (Fsp3) is 0.294. The van der Waals surface area contributed by atoms with Crippen LogP contribution < -0.4 is 9.80 Å². The molecule has 2 nitrogen and oxygen atoms in total. The van der Waals surface area contributed by atoms with Crippen molar-refractivity contribution in [2.75, 3.05) is 33.1 Å². The predicted molar refractivity (Wildman–Crippen MR) is 83.6 cm³/mol. The second-order valence-electron chi connectivity index (χ2n) is 5.45.